The van der Waals surface area contributed by atoms with Crippen LogP contribution < -0.4 is 0 Å². The van der Waals surface area contributed by atoms with Crippen LogP contribution >= 0.6 is 0 Å². The highest BCUT2D eigenvalue weighted by molar-refractivity contribution is 5.92. The fourth-order valence-electron chi connectivity index (χ4n) is 3.93. The summed E-state index contributed by atoms with van der Waals surface area (Å²) in [5, 5.41) is 9.16. The predicted octanol–water partition coefficient (Wildman–Crippen LogP) is 0.167. The molecule has 2 aliphatic heterocycles. The average molecular weight is 320 g/mol. The normalized spacial score (nSPS) is 24.7. The fraction of sp³-hybridized carbons (Fsp3) is 0.688. The zero-order chi connectivity index (χ0) is 16.4. The van der Waals surface area contributed by atoms with Gasteiger partial charge in [0, 0.05) is 32.0 Å². The first-order valence-electron chi connectivity index (χ1n) is 8.27. The zero-order valence-corrected chi connectivity index (χ0v) is 13.6. The van der Waals surface area contributed by atoms with Crippen molar-refractivity contribution in [2.24, 2.45) is 0 Å². The van der Waals surface area contributed by atoms with Crippen LogP contribution in [0.1, 0.15) is 31.5 Å². The number of hydrogen-bond donors (Lipinski definition) is 1. The maximum absolute atomic E-state index is 12.9. The van der Waals surface area contributed by atoms with Crippen molar-refractivity contribution in [2.75, 3.05) is 26.2 Å². The molecular formula is C16H24N4O3. The van der Waals surface area contributed by atoms with Crippen LogP contribution in [0.5, 0.6) is 0 Å². The van der Waals surface area contributed by atoms with Gasteiger partial charge in [-0.25, -0.2) is 4.98 Å². The van der Waals surface area contributed by atoms with Gasteiger partial charge in [0.2, 0.25) is 11.8 Å². The Labute approximate surface area is 135 Å². The van der Waals surface area contributed by atoms with Crippen molar-refractivity contribution in [2.45, 2.75) is 44.7 Å². The molecule has 1 aromatic rings. The molecule has 7 heteroatoms. The van der Waals surface area contributed by atoms with Gasteiger partial charge in [-0.2, -0.15) is 0 Å². The van der Waals surface area contributed by atoms with E-state index in [0.717, 1.165) is 31.5 Å². The second-order valence-corrected chi connectivity index (χ2v) is 6.40. The van der Waals surface area contributed by atoms with Gasteiger partial charge < -0.3 is 19.5 Å². The van der Waals surface area contributed by atoms with E-state index in [9.17, 15) is 9.59 Å². The summed E-state index contributed by atoms with van der Waals surface area (Å²) in [7, 11) is 0. The number of aryl methyl sites for hydroxylation is 1. The molecule has 3 rings (SSSR count). The van der Waals surface area contributed by atoms with Crippen molar-refractivity contribution in [1.29, 1.82) is 0 Å². The Balaban J connectivity index is 1.80. The van der Waals surface area contributed by atoms with E-state index in [-0.39, 0.29) is 25.0 Å². The highest BCUT2D eigenvalue weighted by Crippen LogP contribution is 2.38. The third kappa shape index (κ3) is 2.73. The van der Waals surface area contributed by atoms with Crippen LogP contribution in [0.25, 0.3) is 0 Å². The SMILES string of the molecule is Cc1nccn1CC(=O)N1CCCC12CCCN(CCO)C2=O. The summed E-state index contributed by atoms with van der Waals surface area (Å²) < 4.78 is 1.81. The number of β-amino-alcohol motifs (C(OH)–C–C–N with tert-alkyl or cyclic N) is 1. The molecule has 1 unspecified atom stereocenters. The highest BCUT2D eigenvalue weighted by atomic mass is 16.3. The van der Waals surface area contributed by atoms with Gasteiger partial charge in [-0.3, -0.25) is 9.59 Å². The Hall–Kier alpha value is -1.89. The molecule has 0 bridgehead atoms. The number of aliphatic hydroxyl groups is 1. The van der Waals surface area contributed by atoms with E-state index in [1.54, 1.807) is 22.2 Å². The first-order chi connectivity index (χ1) is 11.1. The summed E-state index contributed by atoms with van der Waals surface area (Å²) in [5.41, 5.74) is -0.695. The summed E-state index contributed by atoms with van der Waals surface area (Å²) in [6.45, 7) is 3.70. The maximum atomic E-state index is 12.9. The van der Waals surface area contributed by atoms with Crippen LogP contribution in [-0.4, -0.2) is 68.1 Å². The lowest BCUT2D eigenvalue weighted by molar-refractivity contribution is -0.156. The fourth-order valence-corrected chi connectivity index (χ4v) is 3.93. The van der Waals surface area contributed by atoms with Gasteiger partial charge in [-0.15, -0.1) is 0 Å². The average Bonchev–Trinajstić information content (AvgIpc) is 3.12. The number of likely N-dealkylation sites (tertiary alicyclic amines) is 2. The molecule has 1 N–H and O–H groups in total. The van der Waals surface area contributed by atoms with Gasteiger partial charge in [0.15, 0.2) is 0 Å². The molecular weight excluding hydrogens is 296 g/mol. The molecule has 2 amide bonds. The number of imidazole rings is 1. The Morgan fingerprint density at radius 3 is 2.74 bits per heavy atom. The van der Waals surface area contributed by atoms with E-state index in [4.69, 9.17) is 5.11 Å². The van der Waals surface area contributed by atoms with Crippen LogP contribution in [-0.2, 0) is 16.1 Å². The molecule has 7 nitrogen and oxygen atoms in total. The van der Waals surface area contributed by atoms with Gasteiger partial charge in [0.1, 0.15) is 17.9 Å². The number of hydrogen-bond acceptors (Lipinski definition) is 4. The summed E-state index contributed by atoms with van der Waals surface area (Å²) in [5.74, 6) is 0.775. The van der Waals surface area contributed by atoms with E-state index in [2.05, 4.69) is 4.98 Å². The van der Waals surface area contributed by atoms with E-state index < -0.39 is 5.54 Å². The number of rotatable bonds is 4. The van der Waals surface area contributed by atoms with Gasteiger partial charge in [0.25, 0.3) is 0 Å². The van der Waals surface area contributed by atoms with E-state index in [1.807, 2.05) is 11.5 Å². The van der Waals surface area contributed by atoms with Crippen LogP contribution in [0.2, 0.25) is 0 Å². The smallest absolute Gasteiger partial charge is 0.248 e. The second kappa shape index (κ2) is 6.31. The molecule has 2 saturated heterocycles. The largest absolute Gasteiger partial charge is 0.395 e. The highest BCUT2D eigenvalue weighted by Gasteiger charge is 2.52. The zero-order valence-electron chi connectivity index (χ0n) is 13.6. The van der Waals surface area contributed by atoms with Gasteiger partial charge in [-0.1, -0.05) is 0 Å². The number of carbonyl (C=O) groups is 2. The molecule has 1 aromatic heterocycles. The minimum absolute atomic E-state index is 0.00556. The van der Waals surface area contributed by atoms with Crippen LogP contribution in [0, 0.1) is 6.92 Å². The monoisotopic (exact) mass is 320 g/mol. The Kier molecular flexibility index (Phi) is 4.39. The number of nitrogens with zero attached hydrogens (tertiary/aromatic N) is 4. The molecule has 1 atom stereocenters. The van der Waals surface area contributed by atoms with Crippen LogP contribution in [0.4, 0.5) is 0 Å². The summed E-state index contributed by atoms with van der Waals surface area (Å²) in [4.78, 5) is 33.4. The Morgan fingerprint density at radius 2 is 2.09 bits per heavy atom. The van der Waals surface area contributed by atoms with Crippen molar-refractivity contribution < 1.29 is 14.7 Å². The van der Waals surface area contributed by atoms with Crippen LogP contribution in [0.15, 0.2) is 12.4 Å². The minimum atomic E-state index is -0.695. The molecule has 2 fully saturated rings. The standard InChI is InChI=1S/C16H24N4O3/c1-13-17-6-9-19(13)12-14(22)20-8-3-5-16(20)4-2-7-18(10-11-21)15(16)23/h6,9,21H,2-5,7-8,10-12H2,1H3. The number of aliphatic hydroxyl groups excluding tert-OH is 1. The maximum Gasteiger partial charge on any atom is 0.248 e. The number of amides is 2. The molecule has 0 saturated carbocycles. The molecule has 0 aliphatic carbocycles. The number of carbonyl (C=O) groups excluding carboxylic acids is 2. The number of aromatic nitrogens is 2. The van der Waals surface area contributed by atoms with E-state index >= 15 is 0 Å². The van der Waals surface area contributed by atoms with Crippen molar-refractivity contribution in [1.82, 2.24) is 19.4 Å². The third-order valence-corrected chi connectivity index (χ3v) is 5.09. The van der Waals surface area contributed by atoms with Crippen molar-refractivity contribution in [3.63, 3.8) is 0 Å². The number of piperidine rings is 1. The Bertz CT molecular complexity index is 598. The van der Waals surface area contributed by atoms with Gasteiger partial charge in [-0.05, 0) is 32.6 Å². The molecule has 23 heavy (non-hydrogen) atoms. The molecule has 2 aliphatic rings. The first kappa shape index (κ1) is 16.0. The molecule has 3 heterocycles. The summed E-state index contributed by atoms with van der Waals surface area (Å²) >= 11 is 0. The lowest BCUT2D eigenvalue weighted by Gasteiger charge is -2.44. The molecule has 126 valence electrons. The molecule has 0 radical (unpaired) electrons. The molecule has 1 spiro atoms. The lowest BCUT2D eigenvalue weighted by atomic mass is 9.85. The van der Waals surface area contributed by atoms with Crippen molar-refractivity contribution >= 4 is 11.8 Å². The predicted molar refractivity (Wildman–Crippen MR) is 83.5 cm³/mol. The summed E-state index contributed by atoms with van der Waals surface area (Å²) in [6.07, 6.45) is 6.64. The molecule has 0 aromatic carbocycles. The quantitative estimate of drug-likeness (QED) is 0.858. The van der Waals surface area contributed by atoms with Gasteiger partial charge in [0.05, 0.1) is 6.61 Å². The second-order valence-electron chi connectivity index (χ2n) is 6.40. The minimum Gasteiger partial charge on any atom is -0.395 e. The van der Waals surface area contributed by atoms with Crippen LogP contribution in [0.3, 0.4) is 0 Å². The van der Waals surface area contributed by atoms with Crippen molar-refractivity contribution in [3.8, 4) is 0 Å². The topological polar surface area (TPSA) is 78.7 Å². The third-order valence-electron chi connectivity index (χ3n) is 5.09. The first-order valence-corrected chi connectivity index (χ1v) is 8.27. The van der Waals surface area contributed by atoms with Crippen molar-refractivity contribution in [3.05, 3.63) is 18.2 Å². The van der Waals surface area contributed by atoms with Gasteiger partial charge >= 0.3 is 0 Å². The van der Waals surface area contributed by atoms with E-state index in [1.165, 1.54) is 0 Å². The summed E-state index contributed by atoms with van der Waals surface area (Å²) in [6, 6.07) is 0. The lowest BCUT2D eigenvalue weighted by Crippen LogP contribution is -2.62. The Morgan fingerprint density at radius 1 is 1.35 bits per heavy atom. The van der Waals surface area contributed by atoms with E-state index in [0.29, 0.717) is 19.6 Å².